The number of aliphatic carboxylic acids is 1. The smallest absolute Gasteiger partial charge is 0.481 e. The van der Waals surface area contributed by atoms with Gasteiger partial charge in [-0.2, -0.15) is 0 Å². The van der Waals surface area contributed by atoms with E-state index in [4.69, 9.17) is 19.9 Å². The lowest BCUT2D eigenvalue weighted by Crippen LogP contribution is -2.30. The maximum absolute atomic E-state index is 9.00. The van der Waals surface area contributed by atoms with Gasteiger partial charge in [0.05, 0.1) is 0 Å². The highest BCUT2D eigenvalue weighted by Crippen LogP contribution is 2.06. The van der Waals surface area contributed by atoms with Gasteiger partial charge in [0.15, 0.2) is 0 Å². The first-order chi connectivity index (χ1) is 7.38. The molecule has 0 atom stereocenters. The Hall–Kier alpha value is -1.60. The SMILES string of the molecule is CC(=O)O.CNc1ncc(B(O)O)cc1C. The van der Waals surface area contributed by atoms with E-state index in [9.17, 15) is 0 Å². The molecule has 0 amide bonds. The standard InChI is InChI=1S/C7H11BN2O2.C2H4O2/c1-5-3-6(8(11)12)4-10-7(5)9-2;1-2(3)4/h3-4,11-12H,1-2H3,(H,9,10);1H3,(H,3,4). The molecule has 0 fully saturated rings. The summed E-state index contributed by atoms with van der Waals surface area (Å²) < 4.78 is 0. The molecule has 88 valence electrons. The lowest BCUT2D eigenvalue weighted by atomic mass is 9.81. The molecule has 16 heavy (non-hydrogen) atoms. The van der Waals surface area contributed by atoms with Crippen molar-refractivity contribution in [3.8, 4) is 0 Å². The number of aryl methyl sites for hydroxylation is 1. The Balaban J connectivity index is 0.000000487. The van der Waals surface area contributed by atoms with Gasteiger partial charge in [0, 0.05) is 25.6 Å². The number of nitrogens with zero attached hydrogens (tertiary/aromatic N) is 1. The molecular formula is C9H15BN2O4. The summed E-state index contributed by atoms with van der Waals surface area (Å²) in [5.41, 5.74) is 1.30. The molecule has 0 aliphatic carbocycles. The molecular weight excluding hydrogens is 211 g/mol. The Kier molecular flexibility index (Phi) is 6.13. The maximum atomic E-state index is 9.00. The topological polar surface area (TPSA) is 103 Å². The van der Waals surface area contributed by atoms with Crippen molar-refractivity contribution in [2.45, 2.75) is 13.8 Å². The monoisotopic (exact) mass is 226 g/mol. The van der Waals surface area contributed by atoms with E-state index in [1.165, 1.54) is 6.20 Å². The van der Waals surface area contributed by atoms with E-state index in [0.717, 1.165) is 18.3 Å². The minimum absolute atomic E-state index is 0.409. The van der Waals surface area contributed by atoms with Gasteiger partial charge in [0.2, 0.25) is 0 Å². The summed E-state index contributed by atoms with van der Waals surface area (Å²) in [5, 5.41) is 27.9. The first-order valence-electron chi connectivity index (χ1n) is 4.58. The van der Waals surface area contributed by atoms with Gasteiger partial charge in [-0.25, -0.2) is 4.98 Å². The molecule has 0 spiro atoms. The molecule has 4 N–H and O–H groups in total. The van der Waals surface area contributed by atoms with Gasteiger partial charge in [-0.3, -0.25) is 4.79 Å². The number of rotatable bonds is 2. The van der Waals surface area contributed by atoms with Crippen molar-refractivity contribution in [1.29, 1.82) is 0 Å². The third-order valence-electron chi connectivity index (χ3n) is 1.63. The quantitative estimate of drug-likeness (QED) is 0.492. The van der Waals surface area contributed by atoms with Gasteiger partial charge < -0.3 is 20.5 Å². The second kappa shape index (κ2) is 6.81. The number of pyridine rings is 1. The first-order valence-corrected chi connectivity index (χ1v) is 4.58. The molecule has 0 aliphatic rings. The Morgan fingerprint density at radius 3 is 2.31 bits per heavy atom. The largest absolute Gasteiger partial charge is 0.490 e. The fourth-order valence-corrected chi connectivity index (χ4v) is 0.999. The summed E-state index contributed by atoms with van der Waals surface area (Å²) in [7, 11) is 0.326. The zero-order chi connectivity index (χ0) is 12.7. The third-order valence-corrected chi connectivity index (χ3v) is 1.63. The zero-order valence-corrected chi connectivity index (χ0v) is 9.43. The second-order valence-electron chi connectivity index (χ2n) is 3.08. The molecule has 0 bridgehead atoms. The maximum Gasteiger partial charge on any atom is 0.490 e. The van der Waals surface area contributed by atoms with Crippen LogP contribution in [0.2, 0.25) is 0 Å². The Morgan fingerprint density at radius 2 is 2.00 bits per heavy atom. The molecule has 0 aromatic carbocycles. The van der Waals surface area contributed by atoms with Crippen LogP contribution >= 0.6 is 0 Å². The average molecular weight is 226 g/mol. The Bertz CT molecular complexity index is 353. The number of hydrogen-bond acceptors (Lipinski definition) is 5. The van der Waals surface area contributed by atoms with E-state index in [-0.39, 0.29) is 0 Å². The molecule has 6 nitrogen and oxygen atoms in total. The zero-order valence-electron chi connectivity index (χ0n) is 9.43. The van der Waals surface area contributed by atoms with Crippen molar-refractivity contribution in [2.75, 3.05) is 12.4 Å². The van der Waals surface area contributed by atoms with Crippen LogP contribution in [0.4, 0.5) is 5.82 Å². The lowest BCUT2D eigenvalue weighted by Gasteiger charge is -2.05. The minimum Gasteiger partial charge on any atom is -0.481 e. The first kappa shape index (κ1) is 14.4. The van der Waals surface area contributed by atoms with E-state index in [1.54, 1.807) is 13.1 Å². The minimum atomic E-state index is -1.44. The number of hydrogen-bond donors (Lipinski definition) is 4. The number of carbonyl (C=O) groups is 1. The predicted octanol–water partition coefficient (Wildman–Crippen LogP) is -0.798. The normalized spacial score (nSPS) is 8.81. The van der Waals surface area contributed by atoms with E-state index in [2.05, 4.69) is 10.3 Å². The van der Waals surface area contributed by atoms with Crippen LogP contribution in [0, 0.1) is 6.92 Å². The third kappa shape index (κ3) is 5.33. The van der Waals surface area contributed by atoms with Crippen LogP contribution in [0.1, 0.15) is 12.5 Å². The number of nitrogens with one attached hydrogen (secondary N) is 1. The van der Waals surface area contributed by atoms with Crippen LogP contribution in [0.25, 0.3) is 0 Å². The summed E-state index contributed by atoms with van der Waals surface area (Å²) in [4.78, 5) is 13.0. The van der Waals surface area contributed by atoms with Crippen molar-refractivity contribution < 1.29 is 19.9 Å². The van der Waals surface area contributed by atoms with Gasteiger partial charge in [-0.05, 0) is 12.5 Å². The van der Waals surface area contributed by atoms with Crippen LogP contribution in [0.5, 0.6) is 0 Å². The fraction of sp³-hybridized carbons (Fsp3) is 0.333. The molecule has 0 saturated heterocycles. The van der Waals surface area contributed by atoms with E-state index < -0.39 is 13.1 Å². The molecule has 1 heterocycles. The summed E-state index contributed by atoms with van der Waals surface area (Å²) in [6.45, 7) is 2.94. The van der Waals surface area contributed by atoms with Gasteiger partial charge in [0.25, 0.3) is 5.97 Å². The van der Waals surface area contributed by atoms with Crippen LogP contribution in [0.15, 0.2) is 12.3 Å². The highest BCUT2D eigenvalue weighted by molar-refractivity contribution is 6.58. The van der Waals surface area contributed by atoms with Crippen LogP contribution in [-0.4, -0.2) is 40.3 Å². The van der Waals surface area contributed by atoms with Crippen LogP contribution < -0.4 is 10.8 Å². The predicted molar refractivity (Wildman–Crippen MR) is 61.7 cm³/mol. The van der Waals surface area contributed by atoms with Gasteiger partial charge in [0.1, 0.15) is 5.82 Å². The Morgan fingerprint density at radius 1 is 1.50 bits per heavy atom. The second-order valence-corrected chi connectivity index (χ2v) is 3.08. The molecule has 1 aromatic heterocycles. The molecule has 0 aliphatic heterocycles. The number of aromatic nitrogens is 1. The Labute approximate surface area is 94.1 Å². The molecule has 0 radical (unpaired) electrons. The van der Waals surface area contributed by atoms with Crippen molar-refractivity contribution in [2.24, 2.45) is 0 Å². The average Bonchev–Trinajstić information content (AvgIpc) is 2.16. The van der Waals surface area contributed by atoms with Crippen molar-refractivity contribution >= 4 is 24.4 Å². The summed E-state index contributed by atoms with van der Waals surface area (Å²) in [5.74, 6) is -0.0839. The van der Waals surface area contributed by atoms with Crippen LogP contribution in [-0.2, 0) is 4.79 Å². The van der Waals surface area contributed by atoms with E-state index in [1.807, 2.05) is 6.92 Å². The fourth-order valence-electron chi connectivity index (χ4n) is 0.999. The summed E-state index contributed by atoms with van der Waals surface area (Å²) in [6.07, 6.45) is 1.43. The highest BCUT2D eigenvalue weighted by Gasteiger charge is 2.11. The van der Waals surface area contributed by atoms with Crippen molar-refractivity contribution in [3.63, 3.8) is 0 Å². The number of carboxylic acid groups (broad SMARTS) is 1. The molecule has 0 saturated carbocycles. The summed E-state index contributed by atoms with van der Waals surface area (Å²) >= 11 is 0. The van der Waals surface area contributed by atoms with Gasteiger partial charge in [-0.1, -0.05) is 6.07 Å². The molecule has 7 heteroatoms. The van der Waals surface area contributed by atoms with Crippen molar-refractivity contribution in [1.82, 2.24) is 4.98 Å². The van der Waals surface area contributed by atoms with Gasteiger partial charge >= 0.3 is 7.12 Å². The number of anilines is 1. The molecule has 1 rings (SSSR count). The van der Waals surface area contributed by atoms with Crippen molar-refractivity contribution in [3.05, 3.63) is 17.8 Å². The summed E-state index contributed by atoms with van der Waals surface area (Å²) in [6, 6.07) is 1.68. The highest BCUT2D eigenvalue weighted by atomic mass is 16.4. The molecule has 0 unspecified atom stereocenters. The molecule has 1 aromatic rings. The lowest BCUT2D eigenvalue weighted by molar-refractivity contribution is -0.134. The van der Waals surface area contributed by atoms with E-state index >= 15 is 0 Å². The van der Waals surface area contributed by atoms with E-state index in [0.29, 0.717) is 5.46 Å². The number of carboxylic acids is 1. The van der Waals surface area contributed by atoms with Gasteiger partial charge in [-0.15, -0.1) is 0 Å². The van der Waals surface area contributed by atoms with Crippen LogP contribution in [0.3, 0.4) is 0 Å².